The fourth-order valence-corrected chi connectivity index (χ4v) is 45.8. The van der Waals surface area contributed by atoms with Crippen LogP contribution in [0, 0.1) is 0 Å². The number of nitrogens with zero attached hydrogens (tertiary/aromatic N) is 4. The van der Waals surface area contributed by atoms with Gasteiger partial charge in [-0.2, -0.15) is 0 Å². The van der Waals surface area contributed by atoms with Gasteiger partial charge < -0.3 is 56.2 Å². The van der Waals surface area contributed by atoms with Crippen molar-refractivity contribution in [1.82, 2.24) is 0 Å². The first-order valence-corrected chi connectivity index (χ1v) is 54.4. The van der Waals surface area contributed by atoms with Crippen LogP contribution < -0.4 is 180 Å². The summed E-state index contributed by atoms with van der Waals surface area (Å²) >= 11 is 0. The standard InChI is InChI=1S/2C31H39N2P2Si2.4C4H10O2.2Cs/c2*1-36(2,3)32-34(28-19-11-7-12-20-28,29-21-13-8-14-22-29)27-35(33-37(4,5)6,30-23-15-9-16-24-30)31-25-17-10-18-26-31;4*1-5-3-4-6-2;;/h2*7-27H,1-6H3;4*3-4H2,1-2H3;;/q2*-1;;;;;2*+1. The van der Waals surface area contributed by atoms with E-state index in [1.807, 2.05) is 0 Å². The maximum absolute atomic E-state index is 5.92. The molecule has 8 rings (SSSR count). The monoisotopic (exact) mass is 1740 g/mol. The third-order valence-corrected chi connectivity index (χ3v) is 42.3. The largest absolute Gasteiger partial charge is 1.00 e. The summed E-state index contributed by atoms with van der Waals surface area (Å²) in [6, 6.07) is 88.3. The maximum Gasteiger partial charge on any atom is 1.00 e. The van der Waals surface area contributed by atoms with E-state index in [9.17, 15) is 0 Å². The minimum Gasteiger partial charge on any atom is -0.631 e. The molecule has 22 heteroatoms. The molecular weight excluding hydrogens is 1620 g/mol. The van der Waals surface area contributed by atoms with E-state index in [1.54, 1.807) is 56.9 Å². The summed E-state index contributed by atoms with van der Waals surface area (Å²) in [5, 5.41) is 10.5. The Hall–Kier alpha value is -0.609. The average molecular weight is 1740 g/mol. The van der Waals surface area contributed by atoms with Crippen LogP contribution in [0.3, 0.4) is 0 Å². The van der Waals surface area contributed by atoms with E-state index < -0.39 is 61.1 Å². The minimum absolute atomic E-state index is 0. The van der Waals surface area contributed by atoms with Gasteiger partial charge in [-0.05, 0) is 42.4 Å². The molecule has 0 heterocycles. The van der Waals surface area contributed by atoms with Crippen molar-refractivity contribution in [3.8, 4) is 0 Å². The van der Waals surface area contributed by atoms with Gasteiger partial charge in [0, 0.05) is 71.0 Å². The molecule has 536 valence electrons. The second-order valence-electron chi connectivity index (χ2n) is 26.7. The molecule has 0 spiro atoms. The van der Waals surface area contributed by atoms with Crippen LogP contribution in [0.25, 0.3) is 9.51 Å². The first kappa shape index (κ1) is 97.4. The van der Waals surface area contributed by atoms with Crippen molar-refractivity contribution >= 4 is 115 Å². The predicted molar refractivity (Wildman–Crippen MR) is 448 cm³/mol. The second kappa shape index (κ2) is 52.4. The molecule has 0 bridgehead atoms. The van der Waals surface area contributed by atoms with Crippen LogP contribution in [0.2, 0.25) is 78.6 Å². The van der Waals surface area contributed by atoms with E-state index in [0.29, 0.717) is 52.9 Å². The summed E-state index contributed by atoms with van der Waals surface area (Å²) < 4.78 is 61.0. The summed E-state index contributed by atoms with van der Waals surface area (Å²) in [6.07, 6.45) is 0. The third-order valence-electron chi connectivity index (χ3n) is 13.7. The summed E-state index contributed by atoms with van der Waals surface area (Å²) in [6.45, 7) is 33.9. The van der Waals surface area contributed by atoms with Gasteiger partial charge in [-0.25, -0.2) is 0 Å². The van der Waals surface area contributed by atoms with Gasteiger partial charge >= 0.3 is 138 Å². The summed E-state index contributed by atoms with van der Waals surface area (Å²) in [5.74, 6) is 0. The zero-order valence-corrected chi connectivity index (χ0v) is 84.9. The number of benzene rings is 8. The molecule has 0 unspecified atom stereocenters. The van der Waals surface area contributed by atoms with E-state index >= 15 is 0 Å². The minimum atomic E-state index is -2.32. The molecule has 0 amide bonds. The summed E-state index contributed by atoms with van der Waals surface area (Å²) in [5.41, 5.74) is 5.37. The van der Waals surface area contributed by atoms with E-state index in [2.05, 4.69) is 370 Å². The molecule has 0 radical (unpaired) electrons. The second-order valence-corrected chi connectivity index (χ2v) is 58.7. The number of ether oxygens (including phenoxy) is 8. The number of methoxy groups -OCH3 is 8. The van der Waals surface area contributed by atoms with Gasteiger partial charge in [0.25, 0.3) is 0 Å². The van der Waals surface area contributed by atoms with Crippen LogP contribution in [0.1, 0.15) is 0 Å². The first-order valence-electron chi connectivity index (χ1n) is 33.4. The van der Waals surface area contributed by atoms with Crippen molar-refractivity contribution in [3.63, 3.8) is 0 Å². The fraction of sp³-hybridized carbons (Fsp3) is 0.359. The average Bonchev–Trinajstić information content (AvgIpc) is 0.741. The molecule has 8 aromatic carbocycles. The Bertz CT molecular complexity index is 3170. The normalized spacial score (nSPS) is 11.6. The maximum atomic E-state index is 5.92. The SMILES string of the molecule is COCCOC.COCCOC.COCCOC.COCCOC.C[Si](C)(C)N=P(C=P([N-][Si](C)(C)C)(c1ccccc1)c1ccccc1)(c1ccccc1)c1ccccc1.C[Si](C)(C)N=P(C=P([N-][Si](C)(C)C)(c1ccccc1)c1ccccc1)(c1ccccc1)c1ccccc1.[Cs+].[Cs+]. The molecular formula is C78H118Cs2N4O8P4Si4. The Morgan fingerprint density at radius 1 is 0.250 bits per heavy atom. The molecule has 8 aromatic rings. The Morgan fingerprint density at radius 3 is 0.510 bits per heavy atom. The van der Waals surface area contributed by atoms with Crippen LogP contribution in [-0.4, -0.2) is 154 Å². The van der Waals surface area contributed by atoms with E-state index in [-0.39, 0.29) is 138 Å². The smallest absolute Gasteiger partial charge is 0.631 e. The van der Waals surface area contributed by atoms with Crippen molar-refractivity contribution in [2.45, 2.75) is 78.6 Å². The van der Waals surface area contributed by atoms with Crippen LogP contribution in [0.4, 0.5) is 0 Å². The van der Waals surface area contributed by atoms with Gasteiger partial charge in [0.05, 0.1) is 52.9 Å². The van der Waals surface area contributed by atoms with Crippen molar-refractivity contribution < 1.29 is 176 Å². The number of hydrogen-bond acceptors (Lipinski definition) is 10. The van der Waals surface area contributed by atoms with Gasteiger partial charge in [0.2, 0.25) is 0 Å². The molecule has 0 aliphatic heterocycles. The molecule has 0 fully saturated rings. The molecule has 100 heavy (non-hydrogen) atoms. The van der Waals surface area contributed by atoms with Crippen LogP contribution in [0.15, 0.2) is 251 Å². The Morgan fingerprint density at radius 2 is 0.390 bits per heavy atom. The zero-order chi connectivity index (χ0) is 72.5. The first-order chi connectivity index (χ1) is 46.7. The van der Waals surface area contributed by atoms with Crippen LogP contribution >= 0.6 is 28.2 Å². The number of rotatable bonds is 28. The molecule has 0 aliphatic rings. The Balaban J connectivity index is 0.000000741. The van der Waals surface area contributed by atoms with E-state index in [4.69, 9.17) is 18.3 Å². The summed E-state index contributed by atoms with van der Waals surface area (Å²) in [4.78, 5) is 0. The van der Waals surface area contributed by atoms with Crippen molar-refractivity contribution in [1.29, 1.82) is 0 Å². The Labute approximate surface area is 728 Å². The molecule has 0 atom stereocenters. The molecule has 0 saturated carbocycles. The Kier molecular flexibility index (Phi) is 51.1. The summed E-state index contributed by atoms with van der Waals surface area (Å²) in [7, 11) is -3.62. The molecule has 0 aromatic heterocycles. The van der Waals surface area contributed by atoms with Crippen molar-refractivity contribution in [3.05, 3.63) is 252 Å². The van der Waals surface area contributed by atoms with Gasteiger partial charge in [0.15, 0.2) is 16.5 Å². The number of hydrogen-bond donors (Lipinski definition) is 0. The quantitative estimate of drug-likeness (QED) is 0.0270. The van der Waals surface area contributed by atoms with Crippen molar-refractivity contribution in [2.75, 3.05) is 110 Å². The van der Waals surface area contributed by atoms with E-state index in [1.165, 1.54) is 42.4 Å². The van der Waals surface area contributed by atoms with Gasteiger partial charge in [-0.3, -0.25) is 0 Å². The van der Waals surface area contributed by atoms with Gasteiger partial charge in [0.1, 0.15) is 0 Å². The van der Waals surface area contributed by atoms with Crippen molar-refractivity contribution in [2.24, 2.45) is 8.82 Å². The van der Waals surface area contributed by atoms with E-state index in [0.717, 1.165) is 0 Å². The van der Waals surface area contributed by atoms with Crippen LogP contribution in [-0.2, 0) is 37.9 Å². The zero-order valence-electron chi connectivity index (χ0n) is 64.7. The third kappa shape index (κ3) is 35.6. The molecule has 0 aliphatic carbocycles. The van der Waals surface area contributed by atoms with Crippen LogP contribution in [0.5, 0.6) is 0 Å². The molecule has 0 saturated heterocycles. The molecule has 12 nitrogen and oxygen atoms in total. The molecule has 0 N–H and O–H groups in total. The van der Waals surface area contributed by atoms with Gasteiger partial charge in [-0.15, -0.1) is 14.1 Å². The fourth-order valence-electron chi connectivity index (χ4n) is 9.98. The van der Waals surface area contributed by atoms with Gasteiger partial charge in [-0.1, -0.05) is 349 Å². The topological polar surface area (TPSA) is 127 Å². The predicted octanol–water partition coefficient (Wildman–Crippen LogP) is 11.6.